The van der Waals surface area contributed by atoms with Crippen LogP contribution in [0.5, 0.6) is 0 Å². The van der Waals surface area contributed by atoms with Crippen molar-refractivity contribution in [3.05, 3.63) is 41.2 Å². The molecular weight excluding hydrogens is 408 g/mol. The largest absolute Gasteiger partial charge is 0.465 e. The number of pyridine rings is 1. The van der Waals surface area contributed by atoms with E-state index in [4.69, 9.17) is 22.4 Å². The zero-order valence-corrected chi connectivity index (χ0v) is 17.1. The number of nitrogens with two attached hydrogens (primary N) is 1. The minimum Gasteiger partial charge on any atom is -0.465 e. The predicted octanol–water partition coefficient (Wildman–Crippen LogP) is 2.62. The van der Waals surface area contributed by atoms with E-state index in [1.807, 2.05) is 30.1 Å². The molecule has 1 aliphatic heterocycles. The van der Waals surface area contributed by atoms with Gasteiger partial charge in [-0.25, -0.2) is 9.78 Å². The number of carbonyl (C=O) groups is 2. The molecule has 0 aliphatic carbocycles. The number of benzene rings is 1. The highest BCUT2D eigenvalue weighted by atomic mass is 35.5. The van der Waals surface area contributed by atoms with Crippen molar-refractivity contribution < 1.29 is 14.7 Å². The molecule has 1 fully saturated rings. The third-order valence-corrected chi connectivity index (χ3v) is 5.68. The van der Waals surface area contributed by atoms with Gasteiger partial charge in [0.15, 0.2) is 0 Å². The van der Waals surface area contributed by atoms with Crippen LogP contribution in [0.25, 0.3) is 22.0 Å². The van der Waals surface area contributed by atoms with Crippen LogP contribution in [0.1, 0.15) is 23.2 Å². The molecule has 1 aliphatic rings. The fraction of sp³-hybridized carbons (Fsp3) is 0.300. The number of halogens is 1. The van der Waals surface area contributed by atoms with E-state index in [-0.39, 0.29) is 11.2 Å². The van der Waals surface area contributed by atoms with Crippen LogP contribution in [-0.4, -0.2) is 51.0 Å². The van der Waals surface area contributed by atoms with Crippen molar-refractivity contribution in [2.24, 2.45) is 12.8 Å². The molecule has 0 radical (unpaired) electrons. The van der Waals surface area contributed by atoms with E-state index < -0.39 is 12.0 Å². The number of nitrogens with zero attached hydrogens (tertiary/aromatic N) is 4. The Morgan fingerprint density at radius 2 is 2.00 bits per heavy atom. The lowest BCUT2D eigenvalue weighted by molar-refractivity contribution is 0.100. The average Bonchev–Trinajstić information content (AvgIpc) is 3.07. The molecule has 0 saturated carbocycles. The van der Waals surface area contributed by atoms with E-state index in [0.29, 0.717) is 42.9 Å². The first-order valence-corrected chi connectivity index (χ1v) is 9.88. The van der Waals surface area contributed by atoms with Crippen molar-refractivity contribution in [2.75, 3.05) is 18.0 Å². The second-order valence-corrected chi connectivity index (χ2v) is 7.67. The summed E-state index contributed by atoms with van der Waals surface area (Å²) in [5.74, 6) is -0.0435. The molecule has 1 aromatic carbocycles. The van der Waals surface area contributed by atoms with Gasteiger partial charge in [0.1, 0.15) is 11.0 Å². The molecule has 10 heteroatoms. The molecule has 3 heterocycles. The first kappa shape index (κ1) is 20.0. The van der Waals surface area contributed by atoms with Crippen LogP contribution in [0.4, 0.5) is 10.6 Å². The predicted molar refractivity (Wildman–Crippen MR) is 114 cm³/mol. The van der Waals surface area contributed by atoms with Crippen LogP contribution in [0.15, 0.2) is 30.5 Å². The fourth-order valence-electron chi connectivity index (χ4n) is 3.88. The molecule has 0 bridgehead atoms. The lowest BCUT2D eigenvalue weighted by Gasteiger charge is -2.33. The molecule has 0 unspecified atom stereocenters. The summed E-state index contributed by atoms with van der Waals surface area (Å²) < 4.78 is 1.76. The number of aryl methyl sites for hydroxylation is 1. The smallest absolute Gasteiger partial charge is 0.404 e. The molecular formula is C20H21ClN6O3. The molecule has 0 atom stereocenters. The van der Waals surface area contributed by atoms with Crippen LogP contribution in [0, 0.1) is 0 Å². The lowest BCUT2D eigenvalue weighted by atomic mass is 9.99. The van der Waals surface area contributed by atoms with Crippen molar-refractivity contribution >= 4 is 40.3 Å². The fourth-order valence-corrected chi connectivity index (χ4v) is 4.18. The Morgan fingerprint density at radius 3 is 2.67 bits per heavy atom. The number of nitrogens with one attached hydrogen (secondary N) is 1. The van der Waals surface area contributed by atoms with E-state index in [1.165, 1.54) is 0 Å². The number of piperidine rings is 1. The molecule has 9 nitrogen and oxygen atoms in total. The molecule has 0 spiro atoms. The summed E-state index contributed by atoms with van der Waals surface area (Å²) in [4.78, 5) is 29.6. The maximum absolute atomic E-state index is 12.2. The first-order valence-electron chi connectivity index (χ1n) is 9.50. The van der Waals surface area contributed by atoms with Gasteiger partial charge in [-0.05, 0) is 36.6 Å². The number of hydrogen-bond acceptors (Lipinski definition) is 5. The number of anilines is 1. The quantitative estimate of drug-likeness (QED) is 0.548. The minimum absolute atomic E-state index is 0.102. The highest BCUT2D eigenvalue weighted by Crippen LogP contribution is 2.35. The summed E-state index contributed by atoms with van der Waals surface area (Å²) in [5.41, 5.74) is 8.15. The van der Waals surface area contributed by atoms with Crippen LogP contribution >= 0.6 is 11.6 Å². The van der Waals surface area contributed by atoms with Gasteiger partial charge in [-0.15, -0.1) is 0 Å². The topological polar surface area (TPSA) is 126 Å². The Hall–Kier alpha value is -3.33. The molecule has 4 rings (SSSR count). The van der Waals surface area contributed by atoms with E-state index in [9.17, 15) is 9.59 Å². The van der Waals surface area contributed by atoms with Crippen LogP contribution in [0.3, 0.4) is 0 Å². The molecule has 30 heavy (non-hydrogen) atoms. The average molecular weight is 429 g/mol. The molecule has 2 amide bonds. The second kappa shape index (κ2) is 7.83. The van der Waals surface area contributed by atoms with Gasteiger partial charge in [-0.1, -0.05) is 17.7 Å². The summed E-state index contributed by atoms with van der Waals surface area (Å²) in [5, 5.41) is 16.7. The van der Waals surface area contributed by atoms with Gasteiger partial charge < -0.3 is 21.1 Å². The summed E-state index contributed by atoms with van der Waals surface area (Å²) in [6, 6.07) is 7.23. The number of amides is 2. The van der Waals surface area contributed by atoms with Gasteiger partial charge in [0, 0.05) is 37.1 Å². The standard InChI is InChI=1S/C20H21ClN6O3/c1-26-15-3-2-11(8-12(15)10-23-26)17-14(19(22)28)9-16(25-18(17)21)27-6-4-13(5-7-27)24-20(29)30/h2-3,8-10,13,24H,4-7H2,1H3,(H2,22,28)(H,29,30). The number of fused-ring (bicyclic) bond motifs is 1. The molecule has 3 aromatic rings. The van der Waals surface area contributed by atoms with E-state index >= 15 is 0 Å². The van der Waals surface area contributed by atoms with E-state index in [1.54, 1.807) is 16.9 Å². The van der Waals surface area contributed by atoms with Gasteiger partial charge in [-0.3, -0.25) is 9.48 Å². The van der Waals surface area contributed by atoms with Crippen LogP contribution in [0.2, 0.25) is 5.15 Å². The van der Waals surface area contributed by atoms with Gasteiger partial charge in [0.25, 0.3) is 0 Å². The number of hydrogen-bond donors (Lipinski definition) is 3. The van der Waals surface area contributed by atoms with Crippen molar-refractivity contribution in [3.63, 3.8) is 0 Å². The summed E-state index contributed by atoms with van der Waals surface area (Å²) in [6.07, 6.45) is 1.99. The summed E-state index contributed by atoms with van der Waals surface area (Å²) in [7, 11) is 1.86. The highest BCUT2D eigenvalue weighted by molar-refractivity contribution is 6.33. The summed E-state index contributed by atoms with van der Waals surface area (Å²) >= 11 is 6.53. The maximum atomic E-state index is 12.2. The molecule has 156 valence electrons. The van der Waals surface area contributed by atoms with E-state index in [2.05, 4.69) is 15.4 Å². The highest BCUT2D eigenvalue weighted by Gasteiger charge is 2.24. The van der Waals surface area contributed by atoms with Gasteiger partial charge in [0.05, 0.1) is 17.3 Å². The Balaban J connectivity index is 1.68. The lowest BCUT2D eigenvalue weighted by Crippen LogP contribution is -2.44. The van der Waals surface area contributed by atoms with Crippen molar-refractivity contribution in [1.29, 1.82) is 0 Å². The monoisotopic (exact) mass is 428 g/mol. The number of rotatable bonds is 4. The number of carbonyl (C=O) groups excluding carboxylic acids is 1. The van der Waals surface area contributed by atoms with Crippen molar-refractivity contribution in [1.82, 2.24) is 20.1 Å². The summed E-state index contributed by atoms with van der Waals surface area (Å²) in [6.45, 7) is 1.18. The number of primary amides is 1. The zero-order chi connectivity index (χ0) is 21.4. The Bertz CT molecular complexity index is 1140. The molecule has 1 saturated heterocycles. The van der Waals surface area contributed by atoms with Crippen molar-refractivity contribution in [3.8, 4) is 11.1 Å². The number of aromatic nitrogens is 3. The third-order valence-electron chi connectivity index (χ3n) is 5.41. The van der Waals surface area contributed by atoms with Gasteiger partial charge in [0.2, 0.25) is 5.91 Å². The Morgan fingerprint density at radius 1 is 1.27 bits per heavy atom. The first-order chi connectivity index (χ1) is 14.3. The Labute approximate surface area is 177 Å². The van der Waals surface area contributed by atoms with Crippen LogP contribution < -0.4 is 16.0 Å². The van der Waals surface area contributed by atoms with Crippen molar-refractivity contribution in [2.45, 2.75) is 18.9 Å². The normalized spacial score (nSPS) is 14.8. The third kappa shape index (κ3) is 3.76. The molecule has 2 aromatic heterocycles. The Kier molecular flexibility index (Phi) is 5.21. The minimum atomic E-state index is -1.03. The molecule has 4 N–H and O–H groups in total. The van der Waals surface area contributed by atoms with Gasteiger partial charge >= 0.3 is 6.09 Å². The van der Waals surface area contributed by atoms with Gasteiger partial charge in [-0.2, -0.15) is 5.10 Å². The number of carboxylic acid groups (broad SMARTS) is 1. The SMILES string of the molecule is Cn1ncc2cc(-c3c(C(N)=O)cc(N4CCC(NC(=O)O)CC4)nc3Cl)ccc21. The zero-order valence-electron chi connectivity index (χ0n) is 16.3. The van der Waals surface area contributed by atoms with Crippen LogP contribution in [-0.2, 0) is 7.05 Å². The maximum Gasteiger partial charge on any atom is 0.404 e. The second-order valence-electron chi connectivity index (χ2n) is 7.31. The van der Waals surface area contributed by atoms with E-state index in [0.717, 1.165) is 16.5 Å².